The summed E-state index contributed by atoms with van der Waals surface area (Å²) in [4.78, 5) is 25.4. The van der Waals surface area contributed by atoms with Gasteiger partial charge in [0.2, 0.25) is 5.91 Å². The highest BCUT2D eigenvalue weighted by Gasteiger charge is 2.23. The van der Waals surface area contributed by atoms with Gasteiger partial charge >= 0.3 is 0 Å². The van der Waals surface area contributed by atoms with E-state index in [1.165, 1.54) is 128 Å². The van der Waals surface area contributed by atoms with Crippen molar-refractivity contribution >= 4 is 13.7 Å². The van der Waals surface area contributed by atoms with E-state index in [-0.39, 0.29) is 12.5 Å². The smallest absolute Gasteiger partial charge is 0.268 e. The third kappa shape index (κ3) is 49.7. The number of phosphoric ester groups is 1. The Morgan fingerprint density at radius 1 is 0.554 bits per heavy atom. The maximum absolute atomic E-state index is 12.9. The number of nitrogens with zero attached hydrogens (tertiary/aromatic N) is 1. The molecule has 0 saturated carbocycles. The van der Waals surface area contributed by atoms with Gasteiger partial charge in [-0.05, 0) is 70.6 Å². The molecule has 0 aliphatic rings. The first-order valence-electron chi connectivity index (χ1n) is 26.8. The summed E-state index contributed by atoms with van der Waals surface area (Å²) >= 11 is 0. The second-order valence-electron chi connectivity index (χ2n) is 19.2. The Morgan fingerprint density at radius 2 is 0.954 bits per heavy atom. The van der Waals surface area contributed by atoms with Crippen molar-refractivity contribution in [2.24, 2.45) is 0 Å². The van der Waals surface area contributed by atoms with Crippen LogP contribution in [0, 0.1) is 0 Å². The van der Waals surface area contributed by atoms with E-state index >= 15 is 0 Å². The van der Waals surface area contributed by atoms with Crippen molar-refractivity contribution in [3.05, 3.63) is 72.9 Å². The predicted molar refractivity (Wildman–Crippen MR) is 279 cm³/mol. The number of likely N-dealkylation sites (N-methyl/N-ethyl adjacent to an activating group) is 1. The minimum absolute atomic E-state index is 0.0127. The lowest BCUT2D eigenvalue weighted by molar-refractivity contribution is -0.870. The quantitative estimate of drug-likeness (QED) is 0.0272. The lowest BCUT2D eigenvalue weighted by Crippen LogP contribution is -2.45. The molecule has 0 spiro atoms. The van der Waals surface area contributed by atoms with E-state index in [1.807, 2.05) is 27.2 Å². The maximum Gasteiger partial charge on any atom is 0.268 e. The zero-order valence-corrected chi connectivity index (χ0v) is 43.8. The van der Waals surface area contributed by atoms with Crippen LogP contribution < -0.4 is 10.2 Å². The molecule has 0 aromatic carbocycles. The van der Waals surface area contributed by atoms with Crippen LogP contribution in [0.5, 0.6) is 0 Å². The van der Waals surface area contributed by atoms with Crippen LogP contribution in [-0.4, -0.2) is 68.5 Å². The summed E-state index contributed by atoms with van der Waals surface area (Å²) in [5.74, 6) is -0.223. The highest BCUT2D eigenvalue weighted by atomic mass is 31.2. The summed E-state index contributed by atoms with van der Waals surface area (Å²) < 4.78 is 23.3. The molecule has 378 valence electrons. The Hall–Kier alpha value is -2.06. The van der Waals surface area contributed by atoms with E-state index in [0.29, 0.717) is 17.4 Å². The average Bonchev–Trinajstić information content (AvgIpc) is 3.26. The molecule has 0 rings (SSSR count). The fraction of sp³-hybridized carbons (Fsp3) is 0.768. The van der Waals surface area contributed by atoms with Crippen molar-refractivity contribution in [2.75, 3.05) is 40.9 Å². The number of amides is 1. The molecule has 0 aromatic heterocycles. The molecule has 65 heavy (non-hydrogen) atoms. The van der Waals surface area contributed by atoms with E-state index in [1.54, 1.807) is 6.08 Å². The summed E-state index contributed by atoms with van der Waals surface area (Å²) in [7, 11) is 1.23. The van der Waals surface area contributed by atoms with Crippen LogP contribution >= 0.6 is 7.82 Å². The first kappa shape index (κ1) is 62.9. The third-order valence-electron chi connectivity index (χ3n) is 11.7. The SMILES string of the molecule is CC/C=C\C/C=C\C/C=C\C/C=C\CCCCCCCCC(=O)NC(COP(=O)([O-])OCC[N+](C)(C)C)C(O)/C=C/CC/C=C/CCCCCCCCCCCCCCCCCCCC. The highest BCUT2D eigenvalue weighted by molar-refractivity contribution is 7.45. The largest absolute Gasteiger partial charge is 0.756 e. The van der Waals surface area contributed by atoms with Gasteiger partial charge in [-0.1, -0.05) is 222 Å². The molecular formula is C56H103N2O6P. The molecule has 0 heterocycles. The number of quaternary nitrogens is 1. The molecule has 3 atom stereocenters. The van der Waals surface area contributed by atoms with Gasteiger partial charge in [-0.15, -0.1) is 0 Å². The van der Waals surface area contributed by atoms with E-state index < -0.39 is 26.6 Å². The average molecular weight is 931 g/mol. The highest BCUT2D eigenvalue weighted by Crippen LogP contribution is 2.38. The lowest BCUT2D eigenvalue weighted by atomic mass is 10.0. The molecular weight excluding hydrogens is 828 g/mol. The summed E-state index contributed by atoms with van der Waals surface area (Å²) in [5.41, 5.74) is 0. The van der Waals surface area contributed by atoms with E-state index in [9.17, 15) is 19.4 Å². The number of allylic oxidation sites excluding steroid dienone is 11. The number of carbonyl (C=O) groups excluding carboxylic acids is 1. The maximum atomic E-state index is 12.9. The molecule has 0 aromatic rings. The van der Waals surface area contributed by atoms with E-state index in [4.69, 9.17) is 9.05 Å². The van der Waals surface area contributed by atoms with Crippen LogP contribution in [0.3, 0.4) is 0 Å². The van der Waals surface area contributed by atoms with Gasteiger partial charge in [-0.2, -0.15) is 0 Å². The van der Waals surface area contributed by atoms with Gasteiger partial charge in [0.05, 0.1) is 39.9 Å². The normalized spacial score (nSPS) is 14.6. The number of hydrogen-bond donors (Lipinski definition) is 2. The first-order chi connectivity index (χ1) is 31.5. The zero-order chi connectivity index (χ0) is 47.8. The fourth-order valence-electron chi connectivity index (χ4n) is 7.45. The predicted octanol–water partition coefficient (Wildman–Crippen LogP) is 15.3. The Morgan fingerprint density at radius 3 is 1.43 bits per heavy atom. The molecule has 3 unspecified atom stereocenters. The standard InChI is InChI=1S/C56H103N2O6P/c1-6-8-10-12-14-16-18-20-22-24-26-27-28-29-30-32-33-35-37-39-41-43-45-47-49-55(59)54(53-64-65(61,62)63-52-51-58(3,4)5)57-56(60)50-48-46-44-42-40-38-36-34-31-25-23-21-19-17-15-13-11-9-7-2/h9,11,15,17,21,23,31,34,39,41,47,49,54-55,59H,6-8,10,12-14,16,18-20,22,24-30,32-33,35-38,40,42-46,48,50-53H2,1-5H3,(H-,57,60,61,62)/b11-9-,17-15-,23-21-,34-31-,41-39+,49-47+. The van der Waals surface area contributed by atoms with E-state index in [0.717, 1.165) is 77.0 Å². The van der Waals surface area contributed by atoms with Crippen LogP contribution in [0.4, 0.5) is 0 Å². The number of aliphatic hydroxyl groups excluding tert-OH is 1. The Balaban J connectivity index is 4.35. The second kappa shape index (κ2) is 47.0. The Labute approximate surface area is 402 Å². The van der Waals surface area contributed by atoms with Crippen LogP contribution in [0.25, 0.3) is 0 Å². The molecule has 1 amide bonds. The number of rotatable bonds is 48. The number of hydrogen-bond acceptors (Lipinski definition) is 6. The Bertz CT molecular complexity index is 1290. The van der Waals surface area contributed by atoms with Crippen molar-refractivity contribution in [2.45, 2.75) is 238 Å². The summed E-state index contributed by atoms with van der Waals surface area (Å²) in [6.45, 7) is 4.51. The van der Waals surface area contributed by atoms with Gasteiger partial charge in [-0.25, -0.2) is 0 Å². The number of carbonyl (C=O) groups is 1. The zero-order valence-electron chi connectivity index (χ0n) is 42.9. The van der Waals surface area contributed by atoms with Gasteiger partial charge in [0, 0.05) is 6.42 Å². The number of nitrogens with one attached hydrogen (secondary N) is 1. The summed E-state index contributed by atoms with van der Waals surface area (Å²) in [6, 6.07) is -0.915. The molecule has 0 fully saturated rings. The second-order valence-corrected chi connectivity index (χ2v) is 20.6. The minimum Gasteiger partial charge on any atom is -0.756 e. The molecule has 0 aliphatic heterocycles. The van der Waals surface area contributed by atoms with Gasteiger partial charge in [0.25, 0.3) is 7.82 Å². The topological polar surface area (TPSA) is 108 Å². The number of phosphoric acid groups is 1. The third-order valence-corrected chi connectivity index (χ3v) is 12.6. The molecule has 8 nitrogen and oxygen atoms in total. The van der Waals surface area contributed by atoms with E-state index in [2.05, 4.69) is 79.9 Å². The van der Waals surface area contributed by atoms with Gasteiger partial charge in [0.15, 0.2) is 0 Å². The van der Waals surface area contributed by atoms with Gasteiger partial charge < -0.3 is 28.8 Å². The minimum atomic E-state index is -4.61. The van der Waals surface area contributed by atoms with Crippen molar-refractivity contribution in [3.63, 3.8) is 0 Å². The van der Waals surface area contributed by atoms with Crippen LogP contribution in [-0.2, 0) is 18.4 Å². The number of aliphatic hydroxyl groups is 1. The molecule has 2 N–H and O–H groups in total. The van der Waals surface area contributed by atoms with Crippen molar-refractivity contribution in [3.8, 4) is 0 Å². The molecule has 0 aliphatic carbocycles. The van der Waals surface area contributed by atoms with Gasteiger partial charge in [-0.3, -0.25) is 9.36 Å². The van der Waals surface area contributed by atoms with Crippen molar-refractivity contribution < 1.29 is 32.9 Å². The molecule has 0 radical (unpaired) electrons. The Kier molecular flexibility index (Phi) is 45.5. The summed E-state index contributed by atoms with van der Waals surface area (Å²) in [5, 5.41) is 13.8. The lowest BCUT2D eigenvalue weighted by Gasteiger charge is -2.29. The van der Waals surface area contributed by atoms with Crippen molar-refractivity contribution in [1.29, 1.82) is 0 Å². The monoisotopic (exact) mass is 931 g/mol. The summed E-state index contributed by atoms with van der Waals surface area (Å²) in [6.07, 6.45) is 64.0. The van der Waals surface area contributed by atoms with Gasteiger partial charge in [0.1, 0.15) is 13.2 Å². The first-order valence-corrected chi connectivity index (χ1v) is 28.3. The number of unbranched alkanes of at least 4 members (excludes halogenated alkanes) is 25. The van der Waals surface area contributed by atoms with Crippen LogP contribution in [0.2, 0.25) is 0 Å². The molecule has 9 heteroatoms. The van der Waals surface area contributed by atoms with Crippen LogP contribution in [0.1, 0.15) is 226 Å². The van der Waals surface area contributed by atoms with Crippen LogP contribution in [0.15, 0.2) is 72.9 Å². The van der Waals surface area contributed by atoms with Crippen molar-refractivity contribution in [1.82, 2.24) is 5.32 Å². The molecule has 0 bridgehead atoms. The fourth-order valence-corrected chi connectivity index (χ4v) is 8.18. The molecule has 0 saturated heterocycles.